The minimum Gasteiger partial charge on any atom is -0.354 e. The number of benzene rings is 1. The summed E-state index contributed by atoms with van der Waals surface area (Å²) in [6.07, 6.45) is 3.07. The lowest BCUT2D eigenvalue weighted by Crippen LogP contribution is -2.35. The molecular formula is C15H16N2O2. The molecule has 1 saturated carbocycles. The van der Waals surface area contributed by atoms with Gasteiger partial charge in [-0.3, -0.25) is 9.59 Å². The van der Waals surface area contributed by atoms with E-state index < -0.39 is 0 Å². The number of nitrogens with zero attached hydrogens (tertiary/aromatic N) is 1. The summed E-state index contributed by atoms with van der Waals surface area (Å²) in [6.45, 7) is 0. The van der Waals surface area contributed by atoms with E-state index in [1.54, 1.807) is 11.6 Å². The van der Waals surface area contributed by atoms with Gasteiger partial charge in [0.05, 0.1) is 0 Å². The summed E-state index contributed by atoms with van der Waals surface area (Å²) in [5, 5.41) is 4.12. The summed E-state index contributed by atoms with van der Waals surface area (Å²) in [5.41, 5.74) is 0.414. The fourth-order valence-electron chi connectivity index (χ4n) is 2.58. The van der Waals surface area contributed by atoms with Crippen LogP contribution in [0.4, 0.5) is 0 Å². The lowest BCUT2D eigenvalue weighted by Gasteiger charge is -2.29. The van der Waals surface area contributed by atoms with E-state index in [1.807, 2.05) is 30.3 Å². The number of hydrogen-bond donors (Lipinski definition) is 1. The topological polar surface area (TPSA) is 51.1 Å². The maximum absolute atomic E-state index is 12.6. The van der Waals surface area contributed by atoms with Crippen LogP contribution < -0.4 is 10.9 Å². The second kappa shape index (κ2) is 4.53. The number of carbonyl (C=O) groups is 1. The molecule has 1 aliphatic rings. The van der Waals surface area contributed by atoms with Gasteiger partial charge in [-0.25, -0.2) is 0 Å². The van der Waals surface area contributed by atoms with Crippen molar-refractivity contribution in [1.29, 1.82) is 0 Å². The lowest BCUT2D eigenvalue weighted by molar-refractivity contribution is 0.0946. The number of fused-ring (bicyclic) bond motifs is 1. The Labute approximate surface area is 111 Å². The van der Waals surface area contributed by atoms with Crippen LogP contribution in [0.5, 0.6) is 0 Å². The van der Waals surface area contributed by atoms with Crippen LogP contribution in [-0.2, 0) is 0 Å². The van der Waals surface area contributed by atoms with Crippen molar-refractivity contribution >= 4 is 16.7 Å². The molecule has 1 amide bonds. The van der Waals surface area contributed by atoms with Crippen molar-refractivity contribution in [3.05, 3.63) is 46.4 Å². The number of nitrogens with one attached hydrogen (secondary N) is 1. The van der Waals surface area contributed by atoms with Crippen molar-refractivity contribution in [2.75, 3.05) is 7.05 Å². The third kappa shape index (κ3) is 1.84. The zero-order valence-corrected chi connectivity index (χ0v) is 10.8. The predicted octanol–water partition coefficient (Wildman–Crippen LogP) is 2.09. The maximum Gasteiger partial charge on any atom is 0.267 e. The van der Waals surface area contributed by atoms with Crippen LogP contribution in [0.2, 0.25) is 0 Å². The largest absolute Gasteiger partial charge is 0.354 e. The zero-order chi connectivity index (χ0) is 13.4. The number of aromatic nitrogens is 1. The van der Waals surface area contributed by atoms with Crippen molar-refractivity contribution in [1.82, 2.24) is 9.88 Å². The Kier molecular flexibility index (Phi) is 2.85. The molecule has 0 aliphatic heterocycles. The fraction of sp³-hybridized carbons (Fsp3) is 0.333. The highest BCUT2D eigenvalue weighted by Gasteiger charge is 2.25. The Hall–Kier alpha value is -2.10. The van der Waals surface area contributed by atoms with Crippen LogP contribution in [-0.4, -0.2) is 17.5 Å². The van der Waals surface area contributed by atoms with E-state index in [1.165, 1.54) is 0 Å². The normalized spacial score (nSPS) is 15.2. The molecule has 1 aromatic carbocycles. The summed E-state index contributed by atoms with van der Waals surface area (Å²) in [7, 11) is 1.59. The molecule has 4 heteroatoms. The quantitative estimate of drug-likeness (QED) is 0.894. The number of amides is 1. The standard InChI is InChI=1S/C15H16N2O2/c1-16-14(18)13-9-10-5-2-3-8-12(10)15(19)17(13)11-6-4-7-11/h2-3,5,8-9,11H,4,6-7H2,1H3,(H,16,18). The van der Waals surface area contributed by atoms with Gasteiger partial charge in [-0.15, -0.1) is 0 Å². The number of carbonyl (C=O) groups excluding carboxylic acids is 1. The summed E-state index contributed by atoms with van der Waals surface area (Å²) in [4.78, 5) is 24.6. The molecule has 0 bridgehead atoms. The molecule has 4 nitrogen and oxygen atoms in total. The van der Waals surface area contributed by atoms with Gasteiger partial charge in [0.2, 0.25) is 0 Å². The minimum absolute atomic E-state index is 0.0543. The molecule has 19 heavy (non-hydrogen) atoms. The average molecular weight is 256 g/mol. The van der Waals surface area contributed by atoms with Crippen LogP contribution in [0.3, 0.4) is 0 Å². The first-order valence-corrected chi connectivity index (χ1v) is 6.58. The SMILES string of the molecule is CNC(=O)c1cc2ccccc2c(=O)n1C1CCC1. The molecular weight excluding hydrogens is 240 g/mol. The van der Waals surface area contributed by atoms with Crippen LogP contribution >= 0.6 is 0 Å². The van der Waals surface area contributed by atoms with Gasteiger partial charge in [-0.1, -0.05) is 18.2 Å². The van der Waals surface area contributed by atoms with Crippen LogP contribution in [0.25, 0.3) is 10.8 Å². The van der Waals surface area contributed by atoms with Crippen molar-refractivity contribution in [2.24, 2.45) is 0 Å². The highest BCUT2D eigenvalue weighted by molar-refractivity contribution is 5.96. The van der Waals surface area contributed by atoms with Crippen molar-refractivity contribution < 1.29 is 4.79 Å². The van der Waals surface area contributed by atoms with Gasteiger partial charge < -0.3 is 9.88 Å². The first-order chi connectivity index (χ1) is 9.22. The average Bonchev–Trinajstić information content (AvgIpc) is 2.39. The molecule has 0 spiro atoms. The summed E-state index contributed by atoms with van der Waals surface area (Å²) in [5.74, 6) is -0.199. The van der Waals surface area contributed by atoms with Crippen LogP contribution in [0.1, 0.15) is 35.8 Å². The lowest BCUT2D eigenvalue weighted by atomic mass is 9.92. The van der Waals surface area contributed by atoms with Gasteiger partial charge in [0.1, 0.15) is 5.69 Å². The van der Waals surface area contributed by atoms with Gasteiger partial charge in [0.15, 0.2) is 0 Å². The molecule has 1 fully saturated rings. The first-order valence-electron chi connectivity index (χ1n) is 6.58. The third-order valence-electron chi connectivity index (χ3n) is 3.86. The third-order valence-corrected chi connectivity index (χ3v) is 3.86. The van der Waals surface area contributed by atoms with E-state index >= 15 is 0 Å². The second-order valence-corrected chi connectivity index (χ2v) is 4.96. The Morgan fingerprint density at radius 1 is 1.32 bits per heavy atom. The van der Waals surface area contributed by atoms with E-state index in [0.717, 1.165) is 24.6 Å². The second-order valence-electron chi connectivity index (χ2n) is 4.96. The molecule has 1 aromatic heterocycles. The van der Waals surface area contributed by atoms with Gasteiger partial charge >= 0.3 is 0 Å². The van der Waals surface area contributed by atoms with Gasteiger partial charge in [-0.2, -0.15) is 0 Å². The van der Waals surface area contributed by atoms with E-state index in [2.05, 4.69) is 5.32 Å². The van der Waals surface area contributed by atoms with E-state index in [-0.39, 0.29) is 17.5 Å². The van der Waals surface area contributed by atoms with E-state index in [0.29, 0.717) is 11.1 Å². The summed E-state index contributed by atoms with van der Waals surface area (Å²) >= 11 is 0. The zero-order valence-electron chi connectivity index (χ0n) is 10.8. The van der Waals surface area contributed by atoms with Gasteiger partial charge in [-0.05, 0) is 36.8 Å². The van der Waals surface area contributed by atoms with Gasteiger partial charge in [0, 0.05) is 18.5 Å². The Morgan fingerprint density at radius 3 is 2.68 bits per heavy atom. The maximum atomic E-state index is 12.6. The summed E-state index contributed by atoms with van der Waals surface area (Å²) in [6, 6.07) is 9.41. The Balaban J connectivity index is 2.32. The predicted molar refractivity (Wildman–Crippen MR) is 74.5 cm³/mol. The number of hydrogen-bond acceptors (Lipinski definition) is 2. The Morgan fingerprint density at radius 2 is 2.05 bits per heavy atom. The van der Waals surface area contributed by atoms with E-state index in [4.69, 9.17) is 0 Å². The van der Waals surface area contributed by atoms with Crippen LogP contribution in [0.15, 0.2) is 35.1 Å². The van der Waals surface area contributed by atoms with Crippen molar-refractivity contribution in [2.45, 2.75) is 25.3 Å². The molecule has 0 radical (unpaired) electrons. The molecule has 3 rings (SSSR count). The Bertz CT molecular complexity index is 699. The number of pyridine rings is 1. The van der Waals surface area contributed by atoms with Crippen molar-refractivity contribution in [3.63, 3.8) is 0 Å². The van der Waals surface area contributed by atoms with Crippen molar-refractivity contribution in [3.8, 4) is 0 Å². The van der Waals surface area contributed by atoms with E-state index in [9.17, 15) is 9.59 Å². The first kappa shape index (κ1) is 12.0. The molecule has 1 N–H and O–H groups in total. The monoisotopic (exact) mass is 256 g/mol. The molecule has 0 atom stereocenters. The summed E-state index contributed by atoms with van der Waals surface area (Å²) < 4.78 is 1.67. The number of rotatable bonds is 2. The molecule has 0 saturated heterocycles. The molecule has 98 valence electrons. The fourth-order valence-corrected chi connectivity index (χ4v) is 2.58. The highest BCUT2D eigenvalue weighted by atomic mass is 16.2. The molecule has 1 heterocycles. The minimum atomic E-state index is -0.199. The molecule has 2 aromatic rings. The molecule has 0 unspecified atom stereocenters. The highest BCUT2D eigenvalue weighted by Crippen LogP contribution is 2.32. The van der Waals surface area contributed by atoms with Crippen LogP contribution in [0, 0.1) is 0 Å². The van der Waals surface area contributed by atoms with Gasteiger partial charge in [0.25, 0.3) is 11.5 Å². The molecule has 1 aliphatic carbocycles. The smallest absolute Gasteiger partial charge is 0.267 e.